The highest BCUT2D eigenvalue weighted by Crippen LogP contribution is 2.24. The largest absolute Gasteiger partial charge is 0.320 e. The molecule has 2 N–H and O–H groups in total. The lowest BCUT2D eigenvalue weighted by Gasteiger charge is -2.11. The SMILES string of the molecule is CC(Sc1n[nH]c(-c2cccnc2)n1)C(=O)Nc1c(F)cccc1F. The third-order valence-electron chi connectivity index (χ3n) is 3.26. The van der Waals surface area contributed by atoms with E-state index in [1.54, 1.807) is 25.4 Å². The molecule has 0 aliphatic rings. The summed E-state index contributed by atoms with van der Waals surface area (Å²) in [7, 11) is 0. The average Bonchev–Trinajstić information content (AvgIpc) is 3.07. The van der Waals surface area contributed by atoms with E-state index in [1.807, 2.05) is 6.07 Å². The van der Waals surface area contributed by atoms with Crippen molar-refractivity contribution in [3.8, 4) is 11.4 Å². The molecule has 9 heteroatoms. The summed E-state index contributed by atoms with van der Waals surface area (Å²) < 4.78 is 27.2. The average molecular weight is 361 g/mol. The molecule has 1 amide bonds. The summed E-state index contributed by atoms with van der Waals surface area (Å²) >= 11 is 1.07. The molecule has 0 aliphatic heterocycles. The van der Waals surface area contributed by atoms with E-state index in [9.17, 15) is 13.6 Å². The van der Waals surface area contributed by atoms with Gasteiger partial charge in [0.05, 0.1) is 5.25 Å². The van der Waals surface area contributed by atoms with Gasteiger partial charge in [-0.15, -0.1) is 5.10 Å². The smallest absolute Gasteiger partial charge is 0.237 e. The van der Waals surface area contributed by atoms with Crippen molar-refractivity contribution in [3.05, 3.63) is 54.4 Å². The Bertz CT molecular complexity index is 867. The van der Waals surface area contributed by atoms with Crippen LogP contribution in [0.5, 0.6) is 0 Å². The molecule has 0 fully saturated rings. The fourth-order valence-corrected chi connectivity index (χ4v) is 2.71. The van der Waals surface area contributed by atoms with Crippen molar-refractivity contribution in [2.75, 3.05) is 5.32 Å². The second kappa shape index (κ2) is 7.39. The molecule has 3 aromatic rings. The van der Waals surface area contributed by atoms with Crippen molar-refractivity contribution in [3.63, 3.8) is 0 Å². The standard InChI is InChI=1S/C16H13F2N5OS/c1-9(15(24)20-13-11(17)5-2-6-12(13)18)25-16-21-14(22-23-16)10-4-3-7-19-8-10/h2-9H,1H3,(H,20,24)(H,21,22,23). The number of carbonyl (C=O) groups excluding carboxylic acids is 1. The van der Waals surface area contributed by atoms with Gasteiger partial charge in [-0.25, -0.2) is 13.8 Å². The number of hydrogen-bond donors (Lipinski definition) is 2. The minimum Gasteiger partial charge on any atom is -0.320 e. The maximum Gasteiger partial charge on any atom is 0.237 e. The van der Waals surface area contributed by atoms with Crippen molar-refractivity contribution >= 4 is 23.4 Å². The first-order chi connectivity index (χ1) is 12.0. The monoisotopic (exact) mass is 361 g/mol. The fourth-order valence-electron chi connectivity index (χ4n) is 1.98. The molecule has 128 valence electrons. The number of nitrogens with zero attached hydrogens (tertiary/aromatic N) is 3. The van der Waals surface area contributed by atoms with Gasteiger partial charge in [-0.2, -0.15) is 0 Å². The number of benzene rings is 1. The molecular weight excluding hydrogens is 348 g/mol. The molecule has 1 aromatic carbocycles. The van der Waals surface area contributed by atoms with Gasteiger partial charge in [0, 0.05) is 18.0 Å². The summed E-state index contributed by atoms with van der Waals surface area (Å²) in [6.45, 7) is 1.60. The second-order valence-electron chi connectivity index (χ2n) is 5.05. The molecule has 3 rings (SSSR count). The van der Waals surface area contributed by atoms with E-state index < -0.39 is 28.5 Å². The van der Waals surface area contributed by atoms with Gasteiger partial charge >= 0.3 is 0 Å². The van der Waals surface area contributed by atoms with Crippen LogP contribution in [0.25, 0.3) is 11.4 Å². The van der Waals surface area contributed by atoms with Gasteiger partial charge in [-0.05, 0) is 31.2 Å². The van der Waals surface area contributed by atoms with Gasteiger partial charge in [0.15, 0.2) is 5.82 Å². The van der Waals surface area contributed by atoms with E-state index in [4.69, 9.17) is 0 Å². The molecule has 0 bridgehead atoms. The summed E-state index contributed by atoms with van der Waals surface area (Å²) in [5, 5.41) is 8.73. The lowest BCUT2D eigenvalue weighted by atomic mass is 10.3. The van der Waals surface area contributed by atoms with E-state index in [-0.39, 0.29) is 0 Å². The zero-order chi connectivity index (χ0) is 17.8. The normalized spacial score (nSPS) is 12.0. The van der Waals surface area contributed by atoms with E-state index in [0.717, 1.165) is 29.5 Å². The third-order valence-corrected chi connectivity index (χ3v) is 4.22. The Balaban J connectivity index is 1.67. The number of anilines is 1. The number of hydrogen-bond acceptors (Lipinski definition) is 5. The van der Waals surface area contributed by atoms with Crippen LogP contribution in [0.2, 0.25) is 0 Å². The molecule has 2 heterocycles. The Morgan fingerprint density at radius 3 is 2.68 bits per heavy atom. The Kier molecular flexibility index (Phi) is 5.03. The zero-order valence-corrected chi connectivity index (χ0v) is 13.8. The van der Waals surface area contributed by atoms with Crippen LogP contribution in [0.3, 0.4) is 0 Å². The number of halogens is 2. The lowest BCUT2D eigenvalue weighted by Crippen LogP contribution is -2.23. The van der Waals surface area contributed by atoms with Crippen molar-refractivity contribution in [1.29, 1.82) is 0 Å². The van der Waals surface area contributed by atoms with Crippen LogP contribution in [-0.2, 0) is 4.79 Å². The molecule has 0 spiro atoms. The van der Waals surface area contributed by atoms with Gasteiger partial charge in [-0.3, -0.25) is 14.9 Å². The predicted molar refractivity (Wildman–Crippen MR) is 89.9 cm³/mol. The summed E-state index contributed by atoms with van der Waals surface area (Å²) in [4.78, 5) is 20.4. The number of H-pyrrole nitrogens is 1. The van der Waals surface area contributed by atoms with Gasteiger partial charge in [0.1, 0.15) is 17.3 Å². The molecule has 1 atom stereocenters. The van der Waals surface area contributed by atoms with E-state index >= 15 is 0 Å². The molecule has 0 saturated heterocycles. The Labute approximate surface area is 146 Å². The maximum atomic E-state index is 13.6. The number of nitrogens with one attached hydrogen (secondary N) is 2. The maximum absolute atomic E-state index is 13.6. The zero-order valence-electron chi connectivity index (χ0n) is 13.0. The molecule has 0 aliphatic carbocycles. The summed E-state index contributed by atoms with van der Waals surface area (Å²) in [5.41, 5.74) is 0.290. The minimum atomic E-state index is -0.831. The Hall–Kier alpha value is -2.81. The first kappa shape index (κ1) is 17.0. The van der Waals surface area contributed by atoms with Crippen molar-refractivity contribution < 1.29 is 13.6 Å². The van der Waals surface area contributed by atoms with Crippen molar-refractivity contribution in [2.24, 2.45) is 0 Å². The van der Waals surface area contributed by atoms with E-state index in [2.05, 4.69) is 25.5 Å². The highest BCUT2D eigenvalue weighted by atomic mass is 32.2. The van der Waals surface area contributed by atoms with Crippen LogP contribution in [0.15, 0.2) is 47.9 Å². The number of rotatable bonds is 5. The van der Waals surface area contributed by atoms with Crippen LogP contribution in [0.4, 0.5) is 14.5 Å². The summed E-state index contributed by atoms with van der Waals surface area (Å²) in [5.74, 6) is -1.70. The van der Waals surface area contributed by atoms with Crippen molar-refractivity contribution in [1.82, 2.24) is 20.2 Å². The number of para-hydroxylation sites is 1. The number of thioether (sulfide) groups is 1. The highest BCUT2D eigenvalue weighted by molar-refractivity contribution is 8.00. The number of aromatic nitrogens is 4. The molecular formula is C16H13F2N5OS. The number of aromatic amines is 1. The van der Waals surface area contributed by atoms with Crippen LogP contribution >= 0.6 is 11.8 Å². The van der Waals surface area contributed by atoms with Gasteiger partial charge in [0.2, 0.25) is 11.1 Å². The first-order valence-corrected chi connectivity index (χ1v) is 8.17. The van der Waals surface area contributed by atoms with Crippen LogP contribution in [0, 0.1) is 11.6 Å². The molecule has 1 unspecified atom stereocenters. The molecule has 0 saturated carbocycles. The third kappa shape index (κ3) is 4.00. The summed E-state index contributed by atoms with van der Waals surface area (Å²) in [6.07, 6.45) is 3.27. The summed E-state index contributed by atoms with van der Waals surface area (Å²) in [6, 6.07) is 6.97. The fraction of sp³-hybridized carbons (Fsp3) is 0.125. The van der Waals surface area contributed by atoms with Crippen LogP contribution in [0.1, 0.15) is 6.92 Å². The Morgan fingerprint density at radius 2 is 2.00 bits per heavy atom. The van der Waals surface area contributed by atoms with E-state index in [1.165, 1.54) is 6.07 Å². The second-order valence-corrected chi connectivity index (χ2v) is 6.36. The van der Waals surface area contributed by atoms with Crippen molar-refractivity contribution in [2.45, 2.75) is 17.3 Å². The quantitative estimate of drug-likeness (QED) is 0.682. The molecule has 6 nitrogen and oxygen atoms in total. The number of carbonyl (C=O) groups is 1. The van der Waals surface area contributed by atoms with Gasteiger partial charge < -0.3 is 5.32 Å². The van der Waals surface area contributed by atoms with Gasteiger partial charge in [-0.1, -0.05) is 17.8 Å². The lowest BCUT2D eigenvalue weighted by molar-refractivity contribution is -0.115. The highest BCUT2D eigenvalue weighted by Gasteiger charge is 2.20. The minimum absolute atomic E-state index is 0.343. The number of pyridine rings is 1. The number of amides is 1. The van der Waals surface area contributed by atoms with Crippen LogP contribution < -0.4 is 5.32 Å². The molecule has 0 radical (unpaired) electrons. The Morgan fingerprint density at radius 1 is 1.24 bits per heavy atom. The molecule has 25 heavy (non-hydrogen) atoms. The van der Waals surface area contributed by atoms with Gasteiger partial charge in [0.25, 0.3) is 0 Å². The molecule has 2 aromatic heterocycles. The van der Waals surface area contributed by atoms with E-state index in [0.29, 0.717) is 11.0 Å². The first-order valence-electron chi connectivity index (χ1n) is 7.29. The predicted octanol–water partition coefficient (Wildman–Crippen LogP) is 3.26. The topological polar surface area (TPSA) is 83.6 Å². The van der Waals surface area contributed by atoms with Crippen LogP contribution in [-0.4, -0.2) is 31.3 Å².